The molecule has 2 nitrogen and oxygen atoms in total. The van der Waals surface area contributed by atoms with Gasteiger partial charge in [0.2, 0.25) is 0 Å². The van der Waals surface area contributed by atoms with Crippen LogP contribution in [0.5, 0.6) is 0 Å². The highest BCUT2D eigenvalue weighted by atomic mass is 35.5. The molecule has 0 fully saturated rings. The highest BCUT2D eigenvalue weighted by Crippen LogP contribution is 2.33. The number of likely N-dealkylation sites (N-methyl/N-ethyl adjacent to an activating group) is 1. The quantitative estimate of drug-likeness (QED) is 0.858. The van der Waals surface area contributed by atoms with E-state index in [4.69, 9.17) is 28.9 Å². The summed E-state index contributed by atoms with van der Waals surface area (Å²) in [4.78, 5) is 2.33. The Balaban J connectivity index is 3.07. The zero-order valence-corrected chi connectivity index (χ0v) is 12.8. The summed E-state index contributed by atoms with van der Waals surface area (Å²) in [6.45, 7) is 8.97. The van der Waals surface area contributed by atoms with Crippen molar-refractivity contribution in [1.29, 1.82) is 0 Å². The van der Waals surface area contributed by atoms with Crippen LogP contribution in [0.3, 0.4) is 0 Å². The van der Waals surface area contributed by atoms with E-state index in [0.717, 1.165) is 18.7 Å². The van der Waals surface area contributed by atoms with Gasteiger partial charge in [-0.3, -0.25) is 4.90 Å². The fourth-order valence-electron chi connectivity index (χ4n) is 2.22. The minimum Gasteiger partial charge on any atom is -0.329 e. The Bertz CT molecular complexity index is 360. The molecule has 0 aliphatic rings. The fourth-order valence-corrected chi connectivity index (χ4v) is 2.87. The topological polar surface area (TPSA) is 29.3 Å². The Kier molecular flexibility index (Phi) is 6.44. The molecule has 1 unspecified atom stereocenters. The van der Waals surface area contributed by atoms with Gasteiger partial charge in [-0.05, 0) is 24.6 Å². The third-order valence-electron chi connectivity index (χ3n) is 3.00. The lowest BCUT2D eigenvalue weighted by Gasteiger charge is -2.32. The zero-order valence-electron chi connectivity index (χ0n) is 11.3. The third kappa shape index (κ3) is 3.86. The summed E-state index contributed by atoms with van der Waals surface area (Å²) in [6.07, 6.45) is 0. The molecule has 0 saturated carbocycles. The molecule has 0 aromatic heterocycles. The molecule has 1 atom stereocenters. The summed E-state index contributed by atoms with van der Waals surface area (Å²) < 4.78 is 0. The van der Waals surface area contributed by atoms with E-state index < -0.39 is 0 Å². The minimum atomic E-state index is 0.0820. The Morgan fingerprint density at radius 3 is 2.17 bits per heavy atom. The molecule has 0 aliphatic carbocycles. The van der Waals surface area contributed by atoms with E-state index in [2.05, 4.69) is 25.7 Å². The summed E-state index contributed by atoms with van der Waals surface area (Å²) in [5.74, 6) is 0.584. The smallest absolute Gasteiger partial charge is 0.0500 e. The van der Waals surface area contributed by atoms with Gasteiger partial charge in [-0.25, -0.2) is 0 Å². The lowest BCUT2D eigenvalue weighted by atomic mass is 10.0. The molecule has 0 amide bonds. The van der Waals surface area contributed by atoms with Crippen molar-refractivity contribution < 1.29 is 0 Å². The second-order valence-corrected chi connectivity index (χ2v) is 5.68. The highest BCUT2D eigenvalue weighted by Gasteiger charge is 2.23. The number of halogens is 2. The van der Waals surface area contributed by atoms with Gasteiger partial charge in [0, 0.05) is 34.7 Å². The van der Waals surface area contributed by atoms with Crippen LogP contribution in [0.1, 0.15) is 32.4 Å². The minimum absolute atomic E-state index is 0.0820. The van der Waals surface area contributed by atoms with Gasteiger partial charge >= 0.3 is 0 Å². The molecule has 4 heteroatoms. The maximum atomic E-state index is 6.27. The first-order chi connectivity index (χ1) is 8.51. The van der Waals surface area contributed by atoms with Crippen molar-refractivity contribution in [3.8, 4) is 0 Å². The predicted molar refractivity (Wildman–Crippen MR) is 80.3 cm³/mol. The fraction of sp³-hybridized carbons (Fsp3) is 0.571. The maximum absolute atomic E-state index is 6.27. The summed E-state index contributed by atoms with van der Waals surface area (Å²) in [5, 5.41) is 1.39. The molecule has 1 aromatic rings. The Morgan fingerprint density at radius 2 is 1.78 bits per heavy atom. The van der Waals surface area contributed by atoms with Crippen molar-refractivity contribution in [1.82, 2.24) is 4.90 Å². The SMILES string of the molecule is CCN(CC(C)C)C(CN)c1c(Cl)cccc1Cl. The van der Waals surface area contributed by atoms with E-state index in [1.54, 1.807) is 0 Å². The molecule has 102 valence electrons. The van der Waals surface area contributed by atoms with Crippen LogP contribution in [0.2, 0.25) is 10.0 Å². The van der Waals surface area contributed by atoms with E-state index in [-0.39, 0.29) is 6.04 Å². The van der Waals surface area contributed by atoms with Crippen LogP contribution in [-0.4, -0.2) is 24.5 Å². The standard InChI is InChI=1S/C14H22Cl2N2/c1-4-18(9-10(2)3)13(8-17)14-11(15)6-5-7-12(14)16/h5-7,10,13H,4,8-9,17H2,1-3H3. The molecule has 2 N–H and O–H groups in total. The average Bonchev–Trinajstić information content (AvgIpc) is 2.31. The van der Waals surface area contributed by atoms with Crippen LogP contribution < -0.4 is 5.73 Å². The summed E-state index contributed by atoms with van der Waals surface area (Å²) >= 11 is 12.5. The molecule has 0 spiro atoms. The molecule has 0 heterocycles. The Labute approximate surface area is 120 Å². The largest absolute Gasteiger partial charge is 0.329 e. The molecule has 1 aromatic carbocycles. The zero-order chi connectivity index (χ0) is 13.7. The first-order valence-corrected chi connectivity index (χ1v) is 7.14. The summed E-state index contributed by atoms with van der Waals surface area (Å²) in [7, 11) is 0. The van der Waals surface area contributed by atoms with Gasteiger partial charge in [0.1, 0.15) is 0 Å². The van der Waals surface area contributed by atoms with E-state index in [0.29, 0.717) is 22.5 Å². The molecular weight excluding hydrogens is 267 g/mol. The lowest BCUT2D eigenvalue weighted by molar-refractivity contribution is 0.189. The molecule has 18 heavy (non-hydrogen) atoms. The van der Waals surface area contributed by atoms with E-state index in [9.17, 15) is 0 Å². The molecule has 0 aliphatic heterocycles. The lowest BCUT2D eigenvalue weighted by Crippen LogP contribution is -2.36. The number of benzene rings is 1. The number of hydrogen-bond donors (Lipinski definition) is 1. The van der Waals surface area contributed by atoms with Crippen LogP contribution in [0.4, 0.5) is 0 Å². The van der Waals surface area contributed by atoms with Gasteiger partial charge < -0.3 is 5.73 Å². The van der Waals surface area contributed by atoms with Crippen molar-refractivity contribution in [2.45, 2.75) is 26.8 Å². The van der Waals surface area contributed by atoms with Gasteiger partial charge in [-0.15, -0.1) is 0 Å². The molecule has 0 saturated heterocycles. The number of rotatable bonds is 6. The average molecular weight is 289 g/mol. The van der Waals surface area contributed by atoms with Crippen molar-refractivity contribution >= 4 is 23.2 Å². The van der Waals surface area contributed by atoms with Gasteiger partial charge in [-0.1, -0.05) is 50.0 Å². The monoisotopic (exact) mass is 288 g/mol. The predicted octanol–water partition coefficient (Wildman–Crippen LogP) is 3.97. The van der Waals surface area contributed by atoms with Crippen LogP contribution in [0, 0.1) is 5.92 Å². The third-order valence-corrected chi connectivity index (χ3v) is 3.66. The van der Waals surface area contributed by atoms with Crippen molar-refractivity contribution in [3.05, 3.63) is 33.8 Å². The normalized spacial score (nSPS) is 13.3. The van der Waals surface area contributed by atoms with Crippen molar-refractivity contribution in [2.75, 3.05) is 19.6 Å². The van der Waals surface area contributed by atoms with Crippen molar-refractivity contribution in [2.24, 2.45) is 11.7 Å². The molecule has 1 rings (SSSR count). The van der Waals surface area contributed by atoms with Crippen LogP contribution in [0.15, 0.2) is 18.2 Å². The summed E-state index contributed by atoms with van der Waals surface area (Å²) in [5.41, 5.74) is 6.89. The van der Waals surface area contributed by atoms with E-state index >= 15 is 0 Å². The van der Waals surface area contributed by atoms with Crippen LogP contribution >= 0.6 is 23.2 Å². The second-order valence-electron chi connectivity index (χ2n) is 4.87. The number of nitrogens with two attached hydrogens (primary N) is 1. The Hall–Kier alpha value is -0.280. The van der Waals surface area contributed by atoms with Crippen LogP contribution in [-0.2, 0) is 0 Å². The van der Waals surface area contributed by atoms with Gasteiger partial charge in [-0.2, -0.15) is 0 Å². The first-order valence-electron chi connectivity index (χ1n) is 6.39. The number of hydrogen-bond acceptors (Lipinski definition) is 2. The highest BCUT2D eigenvalue weighted by molar-refractivity contribution is 6.36. The van der Waals surface area contributed by atoms with E-state index in [1.165, 1.54) is 0 Å². The van der Waals surface area contributed by atoms with E-state index in [1.807, 2.05) is 18.2 Å². The maximum Gasteiger partial charge on any atom is 0.0500 e. The molecule has 0 radical (unpaired) electrons. The van der Waals surface area contributed by atoms with Crippen molar-refractivity contribution in [3.63, 3.8) is 0 Å². The van der Waals surface area contributed by atoms with Gasteiger partial charge in [0.25, 0.3) is 0 Å². The van der Waals surface area contributed by atoms with Crippen LogP contribution in [0.25, 0.3) is 0 Å². The van der Waals surface area contributed by atoms with Gasteiger partial charge in [0.05, 0.1) is 0 Å². The first kappa shape index (κ1) is 15.8. The second kappa shape index (κ2) is 7.34. The molecule has 0 bridgehead atoms. The van der Waals surface area contributed by atoms with Gasteiger partial charge in [0.15, 0.2) is 0 Å². The molecular formula is C14H22Cl2N2. The summed E-state index contributed by atoms with van der Waals surface area (Å²) in [6, 6.07) is 5.68. The Morgan fingerprint density at radius 1 is 1.22 bits per heavy atom. The number of nitrogens with zero attached hydrogens (tertiary/aromatic N) is 1.